The smallest absolute Gasteiger partial charge is 0.317 e. The summed E-state index contributed by atoms with van der Waals surface area (Å²) in [4.78, 5) is 29.0. The molecule has 28 heavy (non-hydrogen) atoms. The van der Waals surface area contributed by atoms with Gasteiger partial charge in [0.05, 0.1) is 12.9 Å². The molecule has 2 amide bonds. The summed E-state index contributed by atoms with van der Waals surface area (Å²) in [5.41, 5.74) is 7.53. The molecule has 2 aliphatic rings. The number of anilines is 1. The summed E-state index contributed by atoms with van der Waals surface area (Å²) < 4.78 is 2.13. The van der Waals surface area contributed by atoms with E-state index in [1.807, 2.05) is 11.2 Å². The number of rotatable bonds is 2. The molecule has 0 unspecified atom stereocenters. The topological polar surface area (TPSA) is 105 Å². The average Bonchev–Trinajstić information content (AvgIpc) is 3.37. The number of piperazine rings is 1. The number of amides is 2. The normalized spacial score (nSPS) is 18.2. The minimum Gasteiger partial charge on any atom is -0.382 e. The molecule has 0 spiro atoms. The van der Waals surface area contributed by atoms with Crippen LogP contribution in [-0.4, -0.2) is 75.1 Å². The summed E-state index contributed by atoms with van der Waals surface area (Å²) >= 11 is 0. The number of nitrogen functional groups attached to an aromatic ring is 1. The number of nitrogens with one attached hydrogen (secondary N) is 1. The summed E-state index contributed by atoms with van der Waals surface area (Å²) in [6.07, 6.45) is 6.61. The van der Waals surface area contributed by atoms with Gasteiger partial charge in [-0.3, -0.25) is 4.90 Å². The van der Waals surface area contributed by atoms with Gasteiger partial charge >= 0.3 is 6.03 Å². The first-order chi connectivity index (χ1) is 13.7. The molecule has 0 radical (unpaired) electrons. The van der Waals surface area contributed by atoms with Crippen molar-refractivity contribution in [3.05, 3.63) is 12.2 Å². The van der Waals surface area contributed by atoms with Crippen molar-refractivity contribution in [3.8, 4) is 11.8 Å². The van der Waals surface area contributed by atoms with E-state index in [1.54, 1.807) is 7.05 Å². The molecule has 9 heteroatoms. The summed E-state index contributed by atoms with van der Waals surface area (Å²) in [5.74, 6) is 7.02. The van der Waals surface area contributed by atoms with E-state index in [-0.39, 0.29) is 6.03 Å². The molecule has 1 saturated carbocycles. The predicted molar refractivity (Wildman–Crippen MR) is 107 cm³/mol. The van der Waals surface area contributed by atoms with E-state index in [0.29, 0.717) is 42.8 Å². The maximum atomic E-state index is 11.6. The lowest BCUT2D eigenvalue weighted by Crippen LogP contribution is -2.51. The summed E-state index contributed by atoms with van der Waals surface area (Å²) in [5, 5.41) is 2.66. The lowest BCUT2D eigenvalue weighted by atomic mass is 10.2. The zero-order valence-corrected chi connectivity index (χ0v) is 16.2. The van der Waals surface area contributed by atoms with Gasteiger partial charge in [0.25, 0.3) is 0 Å². The van der Waals surface area contributed by atoms with E-state index in [2.05, 4.69) is 41.6 Å². The van der Waals surface area contributed by atoms with Crippen LogP contribution in [0.25, 0.3) is 11.2 Å². The fourth-order valence-corrected chi connectivity index (χ4v) is 3.94. The number of nitrogens with two attached hydrogens (primary N) is 1. The van der Waals surface area contributed by atoms with Crippen LogP contribution < -0.4 is 11.1 Å². The molecular formula is C19H26N8O. The van der Waals surface area contributed by atoms with Gasteiger partial charge in [0.2, 0.25) is 5.82 Å². The molecular weight excluding hydrogens is 356 g/mol. The first kappa shape index (κ1) is 18.5. The highest BCUT2D eigenvalue weighted by atomic mass is 16.2. The zero-order chi connectivity index (χ0) is 19.5. The Labute approximate surface area is 164 Å². The molecule has 2 fully saturated rings. The van der Waals surface area contributed by atoms with Gasteiger partial charge < -0.3 is 20.5 Å². The van der Waals surface area contributed by atoms with Crippen LogP contribution in [0.2, 0.25) is 0 Å². The van der Waals surface area contributed by atoms with Gasteiger partial charge in [0.1, 0.15) is 5.52 Å². The van der Waals surface area contributed by atoms with Gasteiger partial charge in [-0.15, -0.1) is 0 Å². The van der Waals surface area contributed by atoms with Crippen molar-refractivity contribution in [3.63, 3.8) is 0 Å². The fourth-order valence-electron chi connectivity index (χ4n) is 3.94. The van der Waals surface area contributed by atoms with Crippen LogP contribution in [0, 0.1) is 11.8 Å². The van der Waals surface area contributed by atoms with E-state index in [9.17, 15) is 4.79 Å². The van der Waals surface area contributed by atoms with Crippen molar-refractivity contribution in [1.29, 1.82) is 0 Å². The lowest BCUT2D eigenvalue weighted by Gasteiger charge is -2.33. The van der Waals surface area contributed by atoms with Gasteiger partial charge in [-0.1, -0.05) is 18.8 Å². The minimum atomic E-state index is -0.0261. The van der Waals surface area contributed by atoms with E-state index in [1.165, 1.54) is 12.8 Å². The summed E-state index contributed by atoms with van der Waals surface area (Å²) in [6.45, 7) is 3.64. The van der Waals surface area contributed by atoms with Gasteiger partial charge in [0.15, 0.2) is 11.5 Å². The Kier molecular flexibility index (Phi) is 5.30. The molecule has 1 saturated heterocycles. The molecule has 2 aromatic heterocycles. The molecule has 2 aromatic rings. The molecule has 0 atom stereocenters. The quantitative estimate of drug-likeness (QED) is 0.746. The van der Waals surface area contributed by atoms with Crippen LogP contribution >= 0.6 is 0 Å². The van der Waals surface area contributed by atoms with Crippen LogP contribution in [0.4, 0.5) is 10.6 Å². The minimum absolute atomic E-state index is 0.0261. The van der Waals surface area contributed by atoms with Crippen LogP contribution in [0.5, 0.6) is 0 Å². The van der Waals surface area contributed by atoms with Gasteiger partial charge in [0, 0.05) is 39.3 Å². The number of nitrogens with zero attached hydrogens (tertiary/aromatic N) is 6. The predicted octanol–water partition coefficient (Wildman–Crippen LogP) is 0.832. The SMILES string of the molecule is CNC(=O)N1CCN(CC#Cc2nc(N)c3ncn(C4CCCC4)c3n2)CC1. The number of fused-ring (bicyclic) bond motifs is 1. The van der Waals surface area contributed by atoms with Crippen molar-refractivity contribution in [2.45, 2.75) is 31.7 Å². The van der Waals surface area contributed by atoms with Gasteiger partial charge in [-0.25, -0.2) is 19.7 Å². The van der Waals surface area contributed by atoms with Crippen LogP contribution in [0.1, 0.15) is 37.5 Å². The molecule has 0 aromatic carbocycles. The van der Waals surface area contributed by atoms with E-state index < -0.39 is 0 Å². The fraction of sp³-hybridized carbons (Fsp3) is 0.579. The van der Waals surface area contributed by atoms with Crippen molar-refractivity contribution >= 4 is 23.0 Å². The number of carbonyl (C=O) groups excluding carboxylic acids is 1. The van der Waals surface area contributed by atoms with Gasteiger partial charge in [-0.2, -0.15) is 0 Å². The van der Waals surface area contributed by atoms with Crippen LogP contribution in [0.3, 0.4) is 0 Å². The number of urea groups is 1. The molecule has 4 rings (SSSR count). The zero-order valence-electron chi connectivity index (χ0n) is 16.2. The maximum absolute atomic E-state index is 11.6. The second-order valence-electron chi connectivity index (χ2n) is 7.31. The standard InChI is InChI=1S/C19H26N8O/c1-21-19(28)26-11-9-25(10-12-26)8-4-7-15-23-17(20)16-18(24-15)27(13-22-16)14-5-2-3-6-14/h13-14H,2-3,5-6,8-12H2,1H3,(H,21,28)(H2,20,23,24). The highest BCUT2D eigenvalue weighted by Crippen LogP contribution is 2.32. The Morgan fingerprint density at radius 1 is 1.25 bits per heavy atom. The third-order valence-corrected chi connectivity index (χ3v) is 5.54. The number of imidazole rings is 1. The van der Waals surface area contributed by atoms with E-state index >= 15 is 0 Å². The molecule has 148 valence electrons. The number of aromatic nitrogens is 4. The van der Waals surface area contributed by atoms with Crippen molar-refractivity contribution in [2.75, 3.05) is 45.5 Å². The average molecular weight is 382 g/mol. The third kappa shape index (κ3) is 3.73. The number of hydrogen-bond donors (Lipinski definition) is 2. The monoisotopic (exact) mass is 382 g/mol. The van der Waals surface area contributed by atoms with E-state index in [4.69, 9.17) is 5.73 Å². The molecule has 0 bridgehead atoms. The third-order valence-electron chi connectivity index (χ3n) is 5.54. The molecule has 1 aliphatic heterocycles. The van der Waals surface area contributed by atoms with E-state index in [0.717, 1.165) is 31.6 Å². The Hall–Kier alpha value is -2.86. The lowest BCUT2D eigenvalue weighted by molar-refractivity contribution is 0.149. The van der Waals surface area contributed by atoms with Crippen molar-refractivity contribution in [1.82, 2.24) is 34.6 Å². The van der Waals surface area contributed by atoms with Crippen molar-refractivity contribution in [2.24, 2.45) is 0 Å². The first-order valence-corrected chi connectivity index (χ1v) is 9.83. The Balaban J connectivity index is 1.44. The second kappa shape index (κ2) is 8.02. The second-order valence-corrected chi connectivity index (χ2v) is 7.31. The Bertz CT molecular complexity index is 913. The molecule has 3 N–H and O–H groups in total. The maximum Gasteiger partial charge on any atom is 0.317 e. The number of hydrogen-bond acceptors (Lipinski definition) is 6. The summed E-state index contributed by atoms with van der Waals surface area (Å²) in [6, 6.07) is 0.415. The molecule has 1 aliphatic carbocycles. The Morgan fingerprint density at radius 3 is 2.71 bits per heavy atom. The van der Waals surface area contributed by atoms with Gasteiger partial charge in [-0.05, 0) is 18.8 Å². The molecule has 9 nitrogen and oxygen atoms in total. The Morgan fingerprint density at radius 2 is 2.00 bits per heavy atom. The summed E-state index contributed by atoms with van der Waals surface area (Å²) in [7, 11) is 1.65. The van der Waals surface area contributed by atoms with Crippen LogP contribution in [-0.2, 0) is 0 Å². The molecule has 3 heterocycles. The highest BCUT2D eigenvalue weighted by Gasteiger charge is 2.21. The first-order valence-electron chi connectivity index (χ1n) is 9.83. The van der Waals surface area contributed by atoms with Crippen LogP contribution in [0.15, 0.2) is 6.33 Å². The van der Waals surface area contributed by atoms with Crippen molar-refractivity contribution < 1.29 is 4.79 Å². The highest BCUT2D eigenvalue weighted by molar-refractivity contribution is 5.82. The number of carbonyl (C=O) groups is 1. The largest absolute Gasteiger partial charge is 0.382 e.